The second kappa shape index (κ2) is 5.21. The van der Waals surface area contributed by atoms with E-state index in [9.17, 15) is 4.55 Å². The molecule has 1 fully saturated rings. The van der Waals surface area contributed by atoms with E-state index in [0.29, 0.717) is 11.8 Å². The van der Waals surface area contributed by atoms with Crippen molar-refractivity contribution in [1.29, 1.82) is 0 Å². The molecule has 2 rings (SSSR count). The fourth-order valence-electron chi connectivity index (χ4n) is 2.48. The molecule has 3 unspecified atom stereocenters. The lowest BCUT2D eigenvalue weighted by atomic mass is 9.86. The lowest BCUT2D eigenvalue weighted by molar-refractivity contribution is 0.254. The summed E-state index contributed by atoms with van der Waals surface area (Å²) >= 11 is -0.834. The van der Waals surface area contributed by atoms with E-state index in [2.05, 4.69) is 35.5 Å². The van der Waals surface area contributed by atoms with E-state index in [1.165, 1.54) is 12.0 Å². The Hall–Kier alpha value is -0.510. The van der Waals surface area contributed by atoms with Crippen molar-refractivity contribution in [1.82, 2.24) is 4.31 Å². The van der Waals surface area contributed by atoms with Crippen LogP contribution in [0.1, 0.15) is 24.8 Å². The Kier molecular flexibility index (Phi) is 3.90. The molecule has 3 heteroatoms. The average Bonchev–Trinajstić information content (AvgIpc) is 2.29. The first kappa shape index (κ1) is 12.0. The molecule has 0 bridgehead atoms. The van der Waals surface area contributed by atoms with Crippen LogP contribution in [0.5, 0.6) is 0 Å². The van der Waals surface area contributed by atoms with E-state index in [-0.39, 0.29) is 0 Å². The number of piperidine rings is 1. The zero-order valence-electron chi connectivity index (χ0n) is 9.93. The van der Waals surface area contributed by atoms with Crippen molar-refractivity contribution < 1.29 is 4.55 Å². The summed E-state index contributed by atoms with van der Waals surface area (Å²) < 4.78 is 13.6. The first-order valence-electron chi connectivity index (χ1n) is 5.80. The zero-order chi connectivity index (χ0) is 11.5. The summed E-state index contributed by atoms with van der Waals surface area (Å²) in [5, 5.41) is 0. The van der Waals surface area contributed by atoms with Gasteiger partial charge in [-0.15, -0.1) is 4.31 Å². The molecule has 0 radical (unpaired) electrons. The number of hydrogen-bond donors (Lipinski definition) is 0. The lowest BCUT2D eigenvalue weighted by Crippen LogP contribution is -2.41. The summed E-state index contributed by atoms with van der Waals surface area (Å²) in [5.41, 5.74) is 1.38. The smallest absolute Gasteiger partial charge is 0.115 e. The van der Waals surface area contributed by atoms with Gasteiger partial charge in [0, 0.05) is 23.8 Å². The Bertz CT molecular complexity index is 328. The van der Waals surface area contributed by atoms with Crippen molar-refractivity contribution >= 4 is 11.4 Å². The molecule has 16 heavy (non-hydrogen) atoms. The van der Waals surface area contributed by atoms with E-state index < -0.39 is 11.4 Å². The van der Waals surface area contributed by atoms with Crippen LogP contribution in [0.4, 0.5) is 0 Å². The third-order valence-corrected chi connectivity index (χ3v) is 4.29. The third kappa shape index (κ3) is 2.78. The SMILES string of the molecule is CC1CC(c2ccccc2)CN([S+](C)[O-])C1. The third-order valence-electron chi connectivity index (χ3n) is 3.26. The summed E-state index contributed by atoms with van der Waals surface area (Å²) in [4.78, 5) is 0. The second-order valence-corrected chi connectivity index (χ2v) is 6.08. The van der Waals surface area contributed by atoms with Crippen LogP contribution in [0.25, 0.3) is 0 Å². The zero-order valence-corrected chi connectivity index (χ0v) is 10.7. The highest BCUT2D eigenvalue weighted by molar-refractivity contribution is 7.88. The van der Waals surface area contributed by atoms with Gasteiger partial charge in [0.2, 0.25) is 0 Å². The van der Waals surface area contributed by atoms with Gasteiger partial charge in [0.15, 0.2) is 0 Å². The van der Waals surface area contributed by atoms with Crippen molar-refractivity contribution in [3.05, 3.63) is 35.9 Å². The first-order valence-corrected chi connectivity index (χ1v) is 7.31. The summed E-state index contributed by atoms with van der Waals surface area (Å²) in [7, 11) is 0. The Balaban J connectivity index is 2.11. The van der Waals surface area contributed by atoms with E-state index >= 15 is 0 Å². The summed E-state index contributed by atoms with van der Waals surface area (Å²) in [6.45, 7) is 4.14. The molecule has 0 aliphatic carbocycles. The van der Waals surface area contributed by atoms with Gasteiger partial charge < -0.3 is 4.55 Å². The normalized spacial score (nSPS) is 28.9. The number of hydrogen-bond acceptors (Lipinski definition) is 2. The molecule has 0 aromatic heterocycles. The largest absolute Gasteiger partial charge is 0.598 e. The molecule has 1 aliphatic rings. The lowest BCUT2D eigenvalue weighted by Gasteiger charge is -2.35. The van der Waals surface area contributed by atoms with E-state index in [1.807, 2.05) is 6.07 Å². The molecule has 1 saturated heterocycles. The Labute approximate surface area is 101 Å². The van der Waals surface area contributed by atoms with Crippen molar-refractivity contribution in [2.24, 2.45) is 5.92 Å². The molecule has 1 aromatic rings. The van der Waals surface area contributed by atoms with Crippen LogP contribution in [0.15, 0.2) is 30.3 Å². The maximum Gasteiger partial charge on any atom is 0.115 e. The van der Waals surface area contributed by atoms with Gasteiger partial charge >= 0.3 is 0 Å². The molecule has 88 valence electrons. The second-order valence-electron chi connectivity index (χ2n) is 4.72. The highest BCUT2D eigenvalue weighted by atomic mass is 32.2. The van der Waals surface area contributed by atoms with Gasteiger partial charge in [-0.2, -0.15) is 0 Å². The monoisotopic (exact) mass is 237 g/mol. The number of nitrogens with zero attached hydrogens (tertiary/aromatic N) is 1. The summed E-state index contributed by atoms with van der Waals surface area (Å²) in [6.07, 6.45) is 2.98. The summed E-state index contributed by atoms with van der Waals surface area (Å²) in [5.74, 6) is 1.16. The molecule has 0 N–H and O–H groups in total. The minimum absolute atomic E-state index is 0.536. The van der Waals surface area contributed by atoms with Crippen LogP contribution < -0.4 is 0 Å². The minimum Gasteiger partial charge on any atom is -0.598 e. The van der Waals surface area contributed by atoms with Gasteiger partial charge in [-0.3, -0.25) is 0 Å². The van der Waals surface area contributed by atoms with Crippen LogP contribution >= 0.6 is 0 Å². The molecular weight excluding hydrogens is 218 g/mol. The molecular formula is C13H19NOS. The van der Waals surface area contributed by atoms with Crippen molar-refractivity contribution in [2.45, 2.75) is 19.3 Å². The van der Waals surface area contributed by atoms with Gasteiger partial charge in [-0.25, -0.2) is 0 Å². The quantitative estimate of drug-likeness (QED) is 0.738. The topological polar surface area (TPSA) is 26.3 Å². The first-order chi connectivity index (χ1) is 7.66. The average molecular weight is 237 g/mol. The molecule has 1 heterocycles. The number of benzene rings is 1. The fourth-order valence-corrected chi connectivity index (χ4v) is 3.33. The van der Waals surface area contributed by atoms with Crippen molar-refractivity contribution in [2.75, 3.05) is 19.3 Å². The van der Waals surface area contributed by atoms with Crippen LogP contribution in [-0.2, 0) is 11.4 Å². The molecule has 0 amide bonds. The van der Waals surface area contributed by atoms with Gasteiger partial charge in [0.05, 0.1) is 6.54 Å². The van der Waals surface area contributed by atoms with E-state index in [1.54, 1.807) is 6.26 Å². The minimum atomic E-state index is -0.834. The predicted octanol–water partition coefficient (Wildman–Crippen LogP) is 2.41. The molecule has 1 aliphatic heterocycles. The van der Waals surface area contributed by atoms with Crippen LogP contribution in [0.2, 0.25) is 0 Å². The van der Waals surface area contributed by atoms with Gasteiger partial charge in [0.1, 0.15) is 6.26 Å². The fraction of sp³-hybridized carbons (Fsp3) is 0.538. The van der Waals surface area contributed by atoms with Crippen molar-refractivity contribution in [3.63, 3.8) is 0 Å². The highest BCUT2D eigenvalue weighted by Gasteiger charge is 2.30. The molecule has 1 aromatic carbocycles. The Morgan fingerprint density at radius 1 is 1.25 bits per heavy atom. The van der Waals surface area contributed by atoms with Gasteiger partial charge in [-0.1, -0.05) is 37.3 Å². The molecule has 0 saturated carbocycles. The van der Waals surface area contributed by atoms with Gasteiger partial charge in [-0.05, 0) is 17.9 Å². The maximum absolute atomic E-state index is 11.6. The van der Waals surface area contributed by atoms with Crippen LogP contribution in [0, 0.1) is 5.92 Å². The maximum atomic E-state index is 11.6. The highest BCUT2D eigenvalue weighted by Crippen LogP contribution is 2.30. The molecule has 2 nitrogen and oxygen atoms in total. The van der Waals surface area contributed by atoms with Crippen LogP contribution in [0.3, 0.4) is 0 Å². The Morgan fingerprint density at radius 2 is 1.94 bits per heavy atom. The van der Waals surface area contributed by atoms with Gasteiger partial charge in [0.25, 0.3) is 0 Å². The van der Waals surface area contributed by atoms with E-state index in [4.69, 9.17) is 0 Å². The summed E-state index contributed by atoms with van der Waals surface area (Å²) in [6, 6.07) is 10.6. The Morgan fingerprint density at radius 3 is 2.56 bits per heavy atom. The molecule has 0 spiro atoms. The number of rotatable bonds is 2. The predicted molar refractivity (Wildman–Crippen MR) is 68.6 cm³/mol. The van der Waals surface area contributed by atoms with Crippen LogP contribution in [-0.4, -0.2) is 28.2 Å². The molecule has 3 atom stereocenters. The standard InChI is InChI=1S/C13H19NOS/c1-11-8-13(10-14(9-11)16(2)15)12-6-4-3-5-7-12/h3-7,11,13H,8-10H2,1-2H3. The van der Waals surface area contributed by atoms with Crippen molar-refractivity contribution in [3.8, 4) is 0 Å². The van der Waals surface area contributed by atoms with E-state index in [0.717, 1.165) is 13.1 Å².